The van der Waals surface area contributed by atoms with Crippen molar-refractivity contribution in [2.24, 2.45) is 14.1 Å². The van der Waals surface area contributed by atoms with E-state index in [1.807, 2.05) is 59.8 Å². The number of hydrogen-bond acceptors (Lipinski definition) is 23. The first-order chi connectivity index (χ1) is 50.0. The molecule has 4 aromatic rings. The highest BCUT2D eigenvalue weighted by Gasteiger charge is 2.48. The molecule has 30 nitrogen and oxygen atoms in total. The molecule has 0 saturated carbocycles. The van der Waals surface area contributed by atoms with Gasteiger partial charge in [-0.05, 0) is 157 Å². The van der Waals surface area contributed by atoms with E-state index in [4.69, 9.17) is 35.9 Å². The summed E-state index contributed by atoms with van der Waals surface area (Å²) in [4.78, 5) is 92.4. The molecule has 0 spiro atoms. The van der Waals surface area contributed by atoms with Crippen LogP contribution in [0.3, 0.4) is 0 Å². The average molecular weight is 1610 g/mol. The Morgan fingerprint density at radius 3 is 1.18 bits per heavy atom. The molecule has 610 valence electrons. The summed E-state index contributed by atoms with van der Waals surface area (Å²) in [6, 6.07) is 0. The van der Waals surface area contributed by atoms with Crippen molar-refractivity contribution in [2.45, 2.75) is 185 Å². The molecular formula is C73H123N11O19P4S. The van der Waals surface area contributed by atoms with Gasteiger partial charge in [0.25, 0.3) is 22.2 Å². The highest BCUT2D eigenvalue weighted by atomic mass is 32.1. The van der Waals surface area contributed by atoms with Crippen molar-refractivity contribution in [1.82, 2.24) is 53.7 Å². The molecule has 4 fully saturated rings. The van der Waals surface area contributed by atoms with E-state index < -0.39 is 159 Å². The molecule has 0 aliphatic carbocycles. The molecule has 4 aromatic heterocycles. The minimum Gasteiger partial charge on any atom is -0.388 e. The highest BCUT2D eigenvalue weighted by Crippen LogP contribution is 2.43. The largest absolute Gasteiger partial charge is 0.388 e. The number of aromatic nitrogens is 8. The number of ether oxygens (including phenoxy) is 5. The number of nitrogens with zero attached hydrogens (tertiary/aromatic N) is 5. The van der Waals surface area contributed by atoms with Crippen molar-refractivity contribution in [1.29, 1.82) is 0 Å². The van der Waals surface area contributed by atoms with E-state index in [0.29, 0.717) is 75.1 Å². The van der Waals surface area contributed by atoms with Crippen LogP contribution in [0.4, 0.5) is 0 Å². The molecule has 0 bridgehead atoms. The molecule has 13 N–H and O–H groups in total. The predicted octanol–water partition coefficient (Wildman–Crippen LogP) is 2.30. The van der Waals surface area contributed by atoms with Crippen LogP contribution >= 0.6 is 39.8 Å². The zero-order valence-electron chi connectivity index (χ0n) is 66.0. The monoisotopic (exact) mass is 1610 g/mol. The number of nitrogens with one attached hydrogen (secondary N) is 6. The summed E-state index contributed by atoms with van der Waals surface area (Å²) in [5.41, 5.74) is 1.48. The van der Waals surface area contributed by atoms with Crippen LogP contribution in [0.15, 0.2) is 93.3 Å². The van der Waals surface area contributed by atoms with Gasteiger partial charge < -0.3 is 79.9 Å². The summed E-state index contributed by atoms with van der Waals surface area (Å²) in [6.45, 7) is 26.5. The van der Waals surface area contributed by atoms with E-state index in [-0.39, 0.29) is 22.4 Å². The van der Waals surface area contributed by atoms with Crippen LogP contribution in [0.2, 0.25) is 0 Å². The average Bonchev–Trinajstić information content (AvgIpc) is 1.62. The molecule has 4 aliphatic rings. The van der Waals surface area contributed by atoms with Gasteiger partial charge in [-0.25, -0.2) is 14.4 Å². The van der Waals surface area contributed by atoms with Crippen molar-refractivity contribution in [3.63, 3.8) is 0 Å². The van der Waals surface area contributed by atoms with Gasteiger partial charge in [0, 0.05) is 102 Å². The Kier molecular flexibility index (Phi) is 35.6. The molecule has 8 heterocycles. The van der Waals surface area contributed by atoms with Crippen LogP contribution in [-0.4, -0.2) is 277 Å². The van der Waals surface area contributed by atoms with E-state index >= 15 is 0 Å². The molecule has 0 radical (unpaired) electrons. The van der Waals surface area contributed by atoms with Crippen molar-refractivity contribution in [2.75, 3.05) is 105 Å². The lowest BCUT2D eigenvalue weighted by Crippen LogP contribution is -2.40. The Hall–Kier alpha value is -5.04. The predicted molar refractivity (Wildman–Crippen MR) is 443 cm³/mol. The van der Waals surface area contributed by atoms with Crippen molar-refractivity contribution < 1.29 is 59.4 Å². The lowest BCUT2D eigenvalue weighted by Gasteiger charge is -2.21. The Morgan fingerprint density at radius 1 is 0.481 bits per heavy atom. The summed E-state index contributed by atoms with van der Waals surface area (Å²) in [7, 11) is 4.37. The Labute approximate surface area is 638 Å². The number of aryl methyl sites for hydroxylation is 1. The molecule has 108 heavy (non-hydrogen) atoms. The molecule has 8 rings (SSSR count). The fourth-order valence-electron chi connectivity index (χ4n) is 12.0. The van der Waals surface area contributed by atoms with Crippen LogP contribution in [0, 0.1) is 4.77 Å². The van der Waals surface area contributed by atoms with Gasteiger partial charge in [0.2, 0.25) is 0 Å². The molecule has 35 heteroatoms. The highest BCUT2D eigenvalue weighted by molar-refractivity contribution is 7.73. The van der Waals surface area contributed by atoms with Crippen LogP contribution in [0.1, 0.15) is 114 Å². The first-order valence-corrected chi connectivity index (χ1v) is 48.6. The van der Waals surface area contributed by atoms with Crippen LogP contribution < -0.4 is 55.3 Å². The molecule has 16 atom stereocenters. The van der Waals surface area contributed by atoms with Gasteiger partial charge in [-0.2, -0.15) is 0 Å². The summed E-state index contributed by atoms with van der Waals surface area (Å²) in [5.74, 6) is 0. The molecule has 0 unspecified atom stereocenters. The van der Waals surface area contributed by atoms with Gasteiger partial charge in [-0.1, -0.05) is 34.9 Å². The van der Waals surface area contributed by atoms with Crippen molar-refractivity contribution in [3.8, 4) is 0 Å². The molecule has 4 saturated heterocycles. The standard InChI is InChI=1S/C20H34N3O5P.C19H32N3O5P.C19H32N3O4PS.C15H25N2O5P/c1-13(2)7-9-21-11-14-12-23(20(26)22-18(14)25)19-17(27-3)16(24)15(28-19)8-10-29(4,5)6;1-12(2)6-8-20-10-13-11-22(19(26)21-17(13)25)18-16(24)15(23)14(27-18)7-9-28(3,4)5;1-12(2)6-8-20-10-13-11-22(19(28)21-17(13)25)18-16(24)15(23)14(26-18)7-9-27(3,4)5;1-16-8-9(14(20)17(2)15(16)21)13-12(19)11(18)10(22-13)6-7-23(3,4)5/h7,12,15-17,19,21,24H,4,8-11H2,1-3,5-6H3,(H,22,25,26);6,11,14-16,18,20,23-24H,3,7-10H2,1-2,4-5H3,(H,21,25,26);6,11,14-16,18,20,23-24H,3,7-10H2,1-2,4-5H3,(H,21,25,28);8,10-13,18-19H,3,6-7H2,1-2,4-5H3/t15-,16-,17-,19-;2*14-,15-,16-,18-;10-,11-,12-,13+/m1111/s1. The maximum atomic E-state index is 12.4. The second-order valence-corrected chi connectivity index (χ2v) is 49.4. The number of rotatable bonds is 29. The maximum absolute atomic E-state index is 12.4. The second-order valence-electron chi connectivity index (χ2n) is 31.8. The van der Waals surface area contributed by atoms with Crippen LogP contribution in [0.25, 0.3) is 0 Å². The zero-order valence-corrected chi connectivity index (χ0v) is 70.4. The first kappa shape index (κ1) is 93.6. The van der Waals surface area contributed by atoms with E-state index in [1.165, 1.54) is 64.6 Å². The normalized spacial score (nSPS) is 25.6. The molecule has 0 amide bonds. The summed E-state index contributed by atoms with van der Waals surface area (Å²) < 4.78 is 35.3. The lowest BCUT2D eigenvalue weighted by atomic mass is 10.0. The van der Waals surface area contributed by atoms with Gasteiger partial charge in [0.15, 0.2) is 23.5 Å². The third kappa shape index (κ3) is 28.0. The van der Waals surface area contributed by atoms with E-state index in [9.17, 15) is 69.3 Å². The Balaban J connectivity index is 0.000000259. The molecule has 4 aliphatic heterocycles. The number of aliphatic hydroxyl groups is 7. The molecular weight excluding hydrogens is 1490 g/mol. The number of methoxy groups -OCH3 is 1. The zero-order chi connectivity index (χ0) is 81.4. The smallest absolute Gasteiger partial charge is 0.330 e. The van der Waals surface area contributed by atoms with Crippen LogP contribution in [0.5, 0.6) is 0 Å². The van der Waals surface area contributed by atoms with Crippen molar-refractivity contribution >= 4 is 65.0 Å². The number of aromatic amines is 3. The second kappa shape index (κ2) is 41.1. The third-order valence-corrected chi connectivity index (χ3v) is 24.5. The van der Waals surface area contributed by atoms with Crippen LogP contribution in [-0.2, 0) is 57.4 Å². The van der Waals surface area contributed by atoms with E-state index in [2.05, 4.69) is 109 Å². The number of hydrogen-bond donors (Lipinski definition) is 13. The minimum absolute atomic E-state index is 0.153. The van der Waals surface area contributed by atoms with Gasteiger partial charge >= 0.3 is 17.1 Å². The van der Waals surface area contributed by atoms with Gasteiger partial charge in [0.05, 0.1) is 30.0 Å². The Morgan fingerprint density at radius 2 is 0.806 bits per heavy atom. The maximum Gasteiger partial charge on any atom is 0.330 e. The fraction of sp³-hybridized carbons (Fsp3) is 0.644. The quantitative estimate of drug-likeness (QED) is 0.0160. The Bertz CT molecular complexity index is 4340. The van der Waals surface area contributed by atoms with E-state index in [1.54, 1.807) is 6.20 Å². The number of H-pyrrole nitrogens is 3. The van der Waals surface area contributed by atoms with Gasteiger partial charge in [0.1, 0.15) is 54.9 Å². The van der Waals surface area contributed by atoms with Gasteiger partial charge in [-0.3, -0.25) is 52.4 Å². The summed E-state index contributed by atoms with van der Waals surface area (Å²) in [6.07, 6.45) is 20.2. The number of aliphatic hydroxyl groups excluding tert-OH is 7. The lowest BCUT2D eigenvalue weighted by molar-refractivity contribution is -0.0542. The molecule has 0 aromatic carbocycles. The van der Waals surface area contributed by atoms with E-state index in [0.717, 1.165) is 39.4 Å². The first-order valence-electron chi connectivity index (χ1n) is 36.0. The summed E-state index contributed by atoms with van der Waals surface area (Å²) in [5, 5.41) is 82.2. The van der Waals surface area contributed by atoms with Crippen molar-refractivity contribution in [3.05, 3.63) is 160 Å². The third-order valence-electron chi connectivity index (χ3n) is 18.3. The number of allylic oxidation sites excluding steroid dienone is 3. The SMILES string of the molecule is C=P(C)(C)CC[C@H]1O[C@@H](c2cn(C)c(=O)n(C)c2=O)[C@H](O)[C@@H]1O.C=P(C)(C)CC[C@H]1O[C@@H](n2cc(CNCC=C(C)C)c(=O)[nH]c2=O)[C@H](O)[C@@H]1O.C=P(C)(C)CC[C@H]1O[C@@H](n2cc(CNCC=C(C)C)c(=O)[nH]c2=O)[C@H](OC)[C@@H]1O.C=P(C)(C)CC[C@H]1O[C@@H](n2cc(CNCC=C(C)C)c(=O)[nH]c2=S)[C@H](O)[C@@H]1O. The summed E-state index contributed by atoms with van der Waals surface area (Å²) >= 11 is 5.26. The fourth-order valence-corrected chi connectivity index (χ4v) is 16.1. The minimum atomic E-state index is -1.30. The van der Waals surface area contributed by atoms with Gasteiger partial charge in [-0.15, -0.1) is 52.7 Å². The topological polar surface area (TPSA) is 415 Å².